The Labute approximate surface area is 141 Å². The lowest BCUT2D eigenvalue weighted by atomic mass is 10.1. The molecule has 1 N–H and O–H groups in total. The smallest absolute Gasteiger partial charge is 0.387 e. The average molecular weight is 357 g/mol. The van der Waals surface area contributed by atoms with Crippen molar-refractivity contribution in [1.29, 1.82) is 0 Å². The zero-order chi connectivity index (χ0) is 17.7. The summed E-state index contributed by atoms with van der Waals surface area (Å²) in [5.74, 6) is -0.446. The average Bonchev–Trinajstić information content (AvgIpc) is 2.95. The van der Waals surface area contributed by atoms with Crippen molar-refractivity contribution in [2.75, 3.05) is 11.1 Å². The van der Waals surface area contributed by atoms with Gasteiger partial charge in [-0.25, -0.2) is 4.68 Å². The molecule has 1 amide bonds. The monoisotopic (exact) mass is 357 g/mol. The molecule has 24 heavy (non-hydrogen) atoms. The summed E-state index contributed by atoms with van der Waals surface area (Å²) < 4.78 is 30.7. The van der Waals surface area contributed by atoms with Gasteiger partial charge in [0, 0.05) is 0 Å². The Hall–Kier alpha value is -2.23. The lowest BCUT2D eigenvalue weighted by molar-refractivity contribution is -0.113. The molecule has 0 unspecified atom stereocenters. The normalized spacial score (nSPS) is 11.6. The molecule has 0 spiro atoms. The number of thioether (sulfide) groups is 1. The second-order valence-corrected chi connectivity index (χ2v) is 6.70. The first-order valence-electron chi connectivity index (χ1n) is 7.02. The van der Waals surface area contributed by atoms with Crippen LogP contribution in [0, 0.1) is 0 Å². The molecule has 2 aromatic rings. The number of halogens is 2. The molecule has 10 heteroatoms. The molecule has 0 saturated carbocycles. The van der Waals surface area contributed by atoms with Gasteiger partial charge in [-0.15, -0.1) is 5.10 Å². The fourth-order valence-electron chi connectivity index (χ4n) is 1.78. The highest BCUT2D eigenvalue weighted by Gasteiger charge is 2.21. The van der Waals surface area contributed by atoms with Crippen LogP contribution in [-0.2, 0) is 10.3 Å². The Bertz CT molecular complexity index is 702. The third-order valence-electron chi connectivity index (χ3n) is 2.79. The number of amides is 1. The van der Waals surface area contributed by atoms with Gasteiger partial charge in [-0.05, 0) is 43.3 Å². The van der Waals surface area contributed by atoms with Crippen LogP contribution in [0.1, 0.15) is 20.8 Å². The molecule has 1 heterocycles. The van der Waals surface area contributed by atoms with E-state index >= 15 is 0 Å². The number of carbonyl (C=O) groups is 1. The molecule has 2 rings (SSSR count). The van der Waals surface area contributed by atoms with Gasteiger partial charge in [-0.3, -0.25) is 4.79 Å². The number of nitrogens with one attached hydrogen (secondary N) is 1. The topological polar surface area (TPSA) is 81.9 Å². The summed E-state index contributed by atoms with van der Waals surface area (Å²) in [6.45, 7) is 2.84. The summed E-state index contributed by atoms with van der Waals surface area (Å²) >= 11 is 1.15. The van der Waals surface area contributed by atoms with Crippen molar-refractivity contribution < 1.29 is 18.3 Å². The fourth-order valence-corrected chi connectivity index (χ4v) is 2.63. The van der Waals surface area contributed by atoms with Crippen LogP contribution in [0.15, 0.2) is 29.4 Å². The quantitative estimate of drug-likeness (QED) is 0.801. The van der Waals surface area contributed by atoms with Gasteiger partial charge in [0.05, 0.1) is 17.0 Å². The van der Waals surface area contributed by atoms with E-state index in [4.69, 9.17) is 0 Å². The lowest BCUT2D eigenvalue weighted by Crippen LogP contribution is -2.24. The van der Waals surface area contributed by atoms with Crippen LogP contribution in [0.3, 0.4) is 0 Å². The van der Waals surface area contributed by atoms with Crippen LogP contribution < -0.4 is 10.1 Å². The predicted octanol–water partition coefficient (Wildman–Crippen LogP) is 2.76. The van der Waals surface area contributed by atoms with Crippen molar-refractivity contribution >= 4 is 23.4 Å². The number of nitrogens with zero attached hydrogens (tertiary/aromatic N) is 4. The zero-order valence-corrected chi connectivity index (χ0v) is 14.2. The fraction of sp³-hybridized carbons (Fsp3) is 0.429. The third-order valence-corrected chi connectivity index (χ3v) is 3.71. The van der Waals surface area contributed by atoms with Crippen LogP contribution >= 0.6 is 11.8 Å². The minimum Gasteiger partial charge on any atom is -0.433 e. The SMILES string of the molecule is CC(C)(C)n1nnnc1SCC(=O)Nc1ccccc1OC(F)F. The number of hydrogen-bond acceptors (Lipinski definition) is 6. The number of ether oxygens (including phenoxy) is 1. The number of alkyl halides is 2. The molecular formula is C14H17F2N5O2S. The van der Waals surface area contributed by atoms with E-state index in [-0.39, 0.29) is 28.6 Å². The van der Waals surface area contributed by atoms with E-state index in [1.165, 1.54) is 12.1 Å². The Morgan fingerprint density at radius 3 is 2.75 bits per heavy atom. The largest absolute Gasteiger partial charge is 0.433 e. The summed E-state index contributed by atoms with van der Waals surface area (Å²) in [6.07, 6.45) is 0. The molecule has 7 nitrogen and oxygen atoms in total. The number of rotatable bonds is 6. The molecule has 1 aromatic carbocycles. The maximum absolute atomic E-state index is 12.4. The van der Waals surface area contributed by atoms with E-state index in [9.17, 15) is 13.6 Å². The summed E-state index contributed by atoms with van der Waals surface area (Å²) in [5, 5.41) is 14.4. The Balaban J connectivity index is 1.99. The van der Waals surface area contributed by atoms with Gasteiger partial charge in [0.2, 0.25) is 11.1 Å². The van der Waals surface area contributed by atoms with Gasteiger partial charge in [-0.1, -0.05) is 23.9 Å². The number of carbonyl (C=O) groups excluding carboxylic acids is 1. The van der Waals surface area contributed by atoms with Crippen molar-refractivity contribution in [3.05, 3.63) is 24.3 Å². The first-order valence-corrected chi connectivity index (χ1v) is 8.01. The maximum Gasteiger partial charge on any atom is 0.387 e. The second-order valence-electron chi connectivity index (χ2n) is 5.76. The third kappa shape index (κ3) is 4.88. The van der Waals surface area contributed by atoms with E-state index in [1.807, 2.05) is 20.8 Å². The summed E-state index contributed by atoms with van der Waals surface area (Å²) in [7, 11) is 0. The number of tetrazole rings is 1. The highest BCUT2D eigenvalue weighted by Crippen LogP contribution is 2.26. The Morgan fingerprint density at radius 2 is 2.08 bits per heavy atom. The first kappa shape index (κ1) is 18.1. The van der Waals surface area contributed by atoms with Crippen LogP contribution in [0.5, 0.6) is 5.75 Å². The van der Waals surface area contributed by atoms with E-state index in [0.717, 1.165) is 11.8 Å². The molecule has 0 radical (unpaired) electrons. The predicted molar refractivity (Wildman–Crippen MR) is 85.2 cm³/mol. The van der Waals surface area contributed by atoms with Crippen molar-refractivity contribution in [3.63, 3.8) is 0 Å². The molecule has 1 aromatic heterocycles. The molecule has 130 valence electrons. The minimum atomic E-state index is -2.96. The highest BCUT2D eigenvalue weighted by atomic mass is 32.2. The molecular weight excluding hydrogens is 340 g/mol. The van der Waals surface area contributed by atoms with Crippen molar-refractivity contribution in [2.45, 2.75) is 38.1 Å². The Kier molecular flexibility index (Phi) is 5.71. The highest BCUT2D eigenvalue weighted by molar-refractivity contribution is 7.99. The second kappa shape index (κ2) is 7.56. The van der Waals surface area contributed by atoms with Gasteiger partial charge in [0.1, 0.15) is 5.75 Å². The van der Waals surface area contributed by atoms with Gasteiger partial charge in [-0.2, -0.15) is 8.78 Å². The zero-order valence-electron chi connectivity index (χ0n) is 13.4. The maximum atomic E-state index is 12.4. The number of anilines is 1. The molecule has 0 aliphatic carbocycles. The standard InChI is InChI=1S/C14H17F2N5O2S/c1-14(2,3)21-13(18-19-20-21)24-8-11(22)17-9-6-4-5-7-10(9)23-12(15)16/h4-7,12H,8H2,1-3H3,(H,17,22). The molecule has 0 atom stereocenters. The number of para-hydroxylation sites is 2. The first-order chi connectivity index (χ1) is 11.3. The van der Waals surface area contributed by atoms with Gasteiger partial charge in [0.15, 0.2) is 0 Å². The van der Waals surface area contributed by atoms with Gasteiger partial charge >= 0.3 is 6.61 Å². The number of benzene rings is 1. The summed E-state index contributed by atoms with van der Waals surface area (Å²) in [4.78, 5) is 12.1. The summed E-state index contributed by atoms with van der Waals surface area (Å²) in [6, 6.07) is 6.00. The molecule has 0 fully saturated rings. The molecule has 0 bridgehead atoms. The minimum absolute atomic E-state index is 0.0272. The van der Waals surface area contributed by atoms with E-state index in [1.54, 1.807) is 16.8 Å². The van der Waals surface area contributed by atoms with E-state index in [0.29, 0.717) is 5.16 Å². The van der Waals surface area contributed by atoms with E-state index < -0.39 is 6.61 Å². The molecule has 0 aliphatic heterocycles. The van der Waals surface area contributed by atoms with E-state index in [2.05, 4.69) is 25.6 Å². The Morgan fingerprint density at radius 1 is 1.38 bits per heavy atom. The summed E-state index contributed by atoms with van der Waals surface area (Å²) in [5.41, 5.74) is -0.140. The number of aromatic nitrogens is 4. The lowest BCUT2D eigenvalue weighted by Gasteiger charge is -2.19. The van der Waals surface area contributed by atoms with Gasteiger partial charge < -0.3 is 10.1 Å². The van der Waals surface area contributed by atoms with Crippen molar-refractivity contribution in [3.8, 4) is 5.75 Å². The molecule has 0 saturated heterocycles. The van der Waals surface area contributed by atoms with Crippen molar-refractivity contribution in [1.82, 2.24) is 20.2 Å². The van der Waals surface area contributed by atoms with Crippen LogP contribution in [0.4, 0.5) is 14.5 Å². The molecule has 0 aliphatic rings. The van der Waals surface area contributed by atoms with Crippen LogP contribution in [-0.4, -0.2) is 38.5 Å². The van der Waals surface area contributed by atoms with Crippen molar-refractivity contribution in [2.24, 2.45) is 0 Å². The van der Waals surface area contributed by atoms with Crippen LogP contribution in [0.2, 0.25) is 0 Å². The van der Waals surface area contributed by atoms with Gasteiger partial charge in [0.25, 0.3) is 0 Å². The number of hydrogen-bond donors (Lipinski definition) is 1. The van der Waals surface area contributed by atoms with Crippen LogP contribution in [0.25, 0.3) is 0 Å².